The lowest BCUT2D eigenvalue weighted by Crippen LogP contribution is -2.09. The van der Waals surface area contributed by atoms with Crippen LogP contribution < -0.4 is 11.1 Å². The molecule has 3 N–H and O–H groups in total. The van der Waals surface area contributed by atoms with Gasteiger partial charge in [0.1, 0.15) is 0 Å². The third kappa shape index (κ3) is 3.39. The predicted octanol–water partition coefficient (Wildman–Crippen LogP) is 1.14. The molecule has 0 aliphatic rings. The lowest BCUT2D eigenvalue weighted by atomic mass is 10.4. The molecule has 0 aliphatic heterocycles. The van der Waals surface area contributed by atoms with E-state index < -0.39 is 0 Å². The van der Waals surface area contributed by atoms with Crippen molar-refractivity contribution in [1.29, 1.82) is 0 Å². The Morgan fingerprint density at radius 1 is 1.47 bits per heavy atom. The SMILES string of the molecule is CNCCCSc1nnc(N)n1C(C)C. The second-order valence-electron chi connectivity index (χ2n) is 3.61. The number of aromatic nitrogens is 3. The first kappa shape index (κ1) is 12.3. The first-order valence-corrected chi connectivity index (χ1v) is 6.13. The molecular weight excluding hydrogens is 210 g/mol. The van der Waals surface area contributed by atoms with Gasteiger partial charge in [-0.3, -0.25) is 4.57 Å². The van der Waals surface area contributed by atoms with Crippen LogP contribution >= 0.6 is 11.8 Å². The minimum atomic E-state index is 0.312. The van der Waals surface area contributed by atoms with Gasteiger partial charge < -0.3 is 11.1 Å². The van der Waals surface area contributed by atoms with E-state index in [4.69, 9.17) is 5.73 Å². The summed E-state index contributed by atoms with van der Waals surface area (Å²) in [5.74, 6) is 1.53. The summed E-state index contributed by atoms with van der Waals surface area (Å²) in [7, 11) is 1.96. The van der Waals surface area contributed by atoms with Gasteiger partial charge in [0.05, 0.1) is 0 Å². The van der Waals surface area contributed by atoms with Crippen molar-refractivity contribution in [1.82, 2.24) is 20.1 Å². The molecule has 1 heterocycles. The number of nitrogen functional groups attached to an aromatic ring is 1. The molecule has 0 unspecified atom stereocenters. The summed E-state index contributed by atoms with van der Waals surface area (Å²) in [6, 6.07) is 0.312. The van der Waals surface area contributed by atoms with E-state index in [0.717, 1.165) is 23.9 Å². The Kier molecular flexibility index (Phi) is 4.90. The molecule has 0 bridgehead atoms. The van der Waals surface area contributed by atoms with Crippen LogP contribution in [0.5, 0.6) is 0 Å². The van der Waals surface area contributed by atoms with Crippen molar-refractivity contribution in [2.75, 3.05) is 25.1 Å². The van der Waals surface area contributed by atoms with E-state index in [9.17, 15) is 0 Å². The first-order chi connectivity index (χ1) is 7.16. The fourth-order valence-electron chi connectivity index (χ4n) is 1.28. The van der Waals surface area contributed by atoms with Crippen LogP contribution in [0.1, 0.15) is 26.3 Å². The molecule has 0 aromatic carbocycles. The van der Waals surface area contributed by atoms with Crippen molar-refractivity contribution in [3.63, 3.8) is 0 Å². The maximum atomic E-state index is 5.74. The highest BCUT2D eigenvalue weighted by Crippen LogP contribution is 2.22. The molecular formula is C9H19N5S. The van der Waals surface area contributed by atoms with Gasteiger partial charge in [-0.2, -0.15) is 0 Å². The molecule has 5 nitrogen and oxygen atoms in total. The monoisotopic (exact) mass is 229 g/mol. The molecule has 0 radical (unpaired) electrons. The summed E-state index contributed by atoms with van der Waals surface area (Å²) in [4.78, 5) is 0. The normalized spacial score (nSPS) is 11.2. The van der Waals surface area contributed by atoms with Crippen molar-refractivity contribution in [2.24, 2.45) is 0 Å². The van der Waals surface area contributed by atoms with Crippen molar-refractivity contribution >= 4 is 17.7 Å². The third-order valence-corrected chi connectivity index (χ3v) is 3.04. The fourth-order valence-corrected chi connectivity index (χ4v) is 2.30. The molecule has 0 fully saturated rings. The zero-order chi connectivity index (χ0) is 11.3. The van der Waals surface area contributed by atoms with Gasteiger partial charge in [-0.25, -0.2) is 0 Å². The minimum Gasteiger partial charge on any atom is -0.368 e. The van der Waals surface area contributed by atoms with E-state index in [1.807, 2.05) is 11.6 Å². The molecule has 1 rings (SSSR count). The van der Waals surface area contributed by atoms with Gasteiger partial charge in [0.15, 0.2) is 5.16 Å². The zero-order valence-corrected chi connectivity index (χ0v) is 10.3. The highest BCUT2D eigenvalue weighted by Gasteiger charge is 2.11. The Hall–Kier alpha value is -0.750. The van der Waals surface area contributed by atoms with Crippen LogP contribution in [0, 0.1) is 0 Å². The highest BCUT2D eigenvalue weighted by molar-refractivity contribution is 7.99. The number of hydrogen-bond acceptors (Lipinski definition) is 5. The summed E-state index contributed by atoms with van der Waals surface area (Å²) >= 11 is 1.71. The summed E-state index contributed by atoms with van der Waals surface area (Å²) < 4.78 is 1.96. The van der Waals surface area contributed by atoms with Crippen LogP contribution in [0.2, 0.25) is 0 Å². The van der Waals surface area contributed by atoms with Crippen molar-refractivity contribution < 1.29 is 0 Å². The third-order valence-electron chi connectivity index (χ3n) is 2.01. The Bertz CT molecular complexity index is 297. The number of anilines is 1. The molecule has 0 saturated heterocycles. The average molecular weight is 229 g/mol. The molecule has 15 heavy (non-hydrogen) atoms. The van der Waals surface area contributed by atoms with E-state index >= 15 is 0 Å². The second-order valence-corrected chi connectivity index (χ2v) is 4.67. The van der Waals surface area contributed by atoms with Crippen LogP contribution in [0.15, 0.2) is 5.16 Å². The Balaban J connectivity index is 2.53. The van der Waals surface area contributed by atoms with Gasteiger partial charge in [0.25, 0.3) is 0 Å². The lowest BCUT2D eigenvalue weighted by molar-refractivity contribution is 0.557. The standard InChI is InChI=1S/C9H19N5S/c1-7(2)14-8(10)12-13-9(14)15-6-4-5-11-3/h7,11H,4-6H2,1-3H3,(H2,10,12). The molecule has 6 heteroatoms. The van der Waals surface area contributed by atoms with Crippen molar-refractivity contribution in [2.45, 2.75) is 31.5 Å². The van der Waals surface area contributed by atoms with Crippen LogP contribution in [-0.4, -0.2) is 34.1 Å². The Labute approximate surface area is 94.8 Å². The molecule has 1 aromatic heterocycles. The molecule has 0 saturated carbocycles. The Morgan fingerprint density at radius 3 is 2.80 bits per heavy atom. The minimum absolute atomic E-state index is 0.312. The predicted molar refractivity (Wildman–Crippen MR) is 64.1 cm³/mol. The average Bonchev–Trinajstić information content (AvgIpc) is 2.54. The quantitative estimate of drug-likeness (QED) is 0.565. The molecule has 0 aliphatic carbocycles. The number of nitrogens with zero attached hydrogens (tertiary/aromatic N) is 3. The van der Waals surface area contributed by atoms with Gasteiger partial charge in [-0.05, 0) is 33.9 Å². The van der Waals surface area contributed by atoms with E-state index in [2.05, 4.69) is 29.4 Å². The number of nitrogens with one attached hydrogen (secondary N) is 1. The van der Waals surface area contributed by atoms with Crippen LogP contribution in [0.3, 0.4) is 0 Å². The van der Waals surface area contributed by atoms with E-state index in [0.29, 0.717) is 12.0 Å². The van der Waals surface area contributed by atoms with Gasteiger partial charge in [-0.15, -0.1) is 10.2 Å². The molecule has 0 atom stereocenters. The fraction of sp³-hybridized carbons (Fsp3) is 0.778. The molecule has 0 amide bonds. The summed E-state index contributed by atoms with van der Waals surface area (Å²) in [6.07, 6.45) is 1.12. The smallest absolute Gasteiger partial charge is 0.222 e. The summed E-state index contributed by atoms with van der Waals surface area (Å²) in [6.45, 7) is 5.19. The van der Waals surface area contributed by atoms with E-state index in [-0.39, 0.29) is 0 Å². The van der Waals surface area contributed by atoms with Gasteiger partial charge >= 0.3 is 0 Å². The van der Waals surface area contributed by atoms with E-state index in [1.54, 1.807) is 11.8 Å². The second kappa shape index (κ2) is 5.97. The largest absolute Gasteiger partial charge is 0.368 e. The highest BCUT2D eigenvalue weighted by atomic mass is 32.2. The maximum Gasteiger partial charge on any atom is 0.222 e. The summed E-state index contributed by atoms with van der Waals surface area (Å²) in [5, 5.41) is 12.0. The molecule has 86 valence electrons. The number of hydrogen-bond donors (Lipinski definition) is 2. The molecule has 0 spiro atoms. The van der Waals surface area contributed by atoms with Crippen LogP contribution in [0.4, 0.5) is 5.95 Å². The van der Waals surface area contributed by atoms with Crippen LogP contribution in [-0.2, 0) is 0 Å². The number of rotatable bonds is 6. The summed E-state index contributed by atoms with van der Waals surface area (Å²) in [5.41, 5.74) is 5.74. The van der Waals surface area contributed by atoms with E-state index in [1.165, 1.54) is 0 Å². The van der Waals surface area contributed by atoms with Gasteiger partial charge in [-0.1, -0.05) is 11.8 Å². The number of thioether (sulfide) groups is 1. The molecule has 1 aromatic rings. The van der Waals surface area contributed by atoms with Crippen molar-refractivity contribution in [3.05, 3.63) is 0 Å². The van der Waals surface area contributed by atoms with Crippen LogP contribution in [0.25, 0.3) is 0 Å². The number of nitrogens with two attached hydrogens (primary N) is 1. The Morgan fingerprint density at radius 2 is 2.20 bits per heavy atom. The van der Waals surface area contributed by atoms with Gasteiger partial charge in [0, 0.05) is 11.8 Å². The van der Waals surface area contributed by atoms with Gasteiger partial charge in [0.2, 0.25) is 5.95 Å². The first-order valence-electron chi connectivity index (χ1n) is 5.14. The van der Waals surface area contributed by atoms with Crippen molar-refractivity contribution in [3.8, 4) is 0 Å². The zero-order valence-electron chi connectivity index (χ0n) is 9.53. The topological polar surface area (TPSA) is 68.8 Å². The lowest BCUT2D eigenvalue weighted by Gasteiger charge is -2.10. The maximum absolute atomic E-state index is 5.74.